The summed E-state index contributed by atoms with van der Waals surface area (Å²) in [5.74, 6) is 4.28. The number of hydrogen-bond acceptors (Lipinski definition) is 2. The smallest absolute Gasteiger partial charge is 0.143 e. The summed E-state index contributed by atoms with van der Waals surface area (Å²) in [6.07, 6.45) is 0.0925. The fourth-order valence-electron chi connectivity index (χ4n) is 1.93. The molecule has 1 atom stereocenters. The zero-order chi connectivity index (χ0) is 14.7. The van der Waals surface area contributed by atoms with Crippen LogP contribution in [0, 0.1) is 11.6 Å². The van der Waals surface area contributed by atoms with Crippen LogP contribution in [0.5, 0.6) is 0 Å². The molecule has 106 valence electrons. The highest BCUT2D eigenvalue weighted by Crippen LogP contribution is 2.26. The summed E-state index contributed by atoms with van der Waals surface area (Å²) in [5.41, 5.74) is 3.35. The third-order valence-corrected chi connectivity index (χ3v) is 3.89. The van der Waals surface area contributed by atoms with Crippen molar-refractivity contribution in [1.82, 2.24) is 5.43 Å². The zero-order valence-electron chi connectivity index (χ0n) is 10.3. The molecule has 0 bridgehead atoms. The third-order valence-electron chi connectivity index (χ3n) is 3.02. The van der Waals surface area contributed by atoms with Crippen molar-refractivity contribution in [3.8, 4) is 0 Å². The van der Waals surface area contributed by atoms with Crippen LogP contribution in [0.1, 0.15) is 17.2 Å². The van der Waals surface area contributed by atoms with E-state index in [9.17, 15) is 8.78 Å². The highest BCUT2D eigenvalue weighted by Gasteiger charge is 2.18. The van der Waals surface area contributed by atoms with Crippen LogP contribution in [0.2, 0.25) is 5.02 Å². The fraction of sp³-hybridized carbons (Fsp3) is 0.143. The largest absolute Gasteiger partial charge is 0.271 e. The van der Waals surface area contributed by atoms with E-state index < -0.39 is 17.7 Å². The first-order chi connectivity index (χ1) is 9.52. The molecule has 0 aliphatic heterocycles. The summed E-state index contributed by atoms with van der Waals surface area (Å²) in [4.78, 5) is 0. The lowest BCUT2D eigenvalue weighted by Crippen LogP contribution is -2.30. The molecule has 0 saturated carbocycles. The summed E-state index contributed by atoms with van der Waals surface area (Å²) in [5, 5.41) is 0.587. The first-order valence-electron chi connectivity index (χ1n) is 5.87. The molecule has 0 heterocycles. The van der Waals surface area contributed by atoms with Crippen LogP contribution in [-0.4, -0.2) is 0 Å². The van der Waals surface area contributed by atoms with E-state index >= 15 is 0 Å². The SMILES string of the molecule is NNC(Cc1c(F)ccc(Br)c1F)c1ccc(Cl)cc1. The van der Waals surface area contributed by atoms with E-state index in [2.05, 4.69) is 21.4 Å². The van der Waals surface area contributed by atoms with Crippen molar-refractivity contribution in [2.45, 2.75) is 12.5 Å². The van der Waals surface area contributed by atoms with Crippen LogP contribution >= 0.6 is 27.5 Å². The number of nitrogens with two attached hydrogens (primary N) is 1. The van der Waals surface area contributed by atoms with Gasteiger partial charge in [-0.15, -0.1) is 0 Å². The Labute approximate surface area is 129 Å². The highest BCUT2D eigenvalue weighted by atomic mass is 79.9. The molecule has 1 unspecified atom stereocenters. The van der Waals surface area contributed by atoms with E-state index in [1.165, 1.54) is 12.1 Å². The Hall–Kier alpha value is -1.01. The number of nitrogens with one attached hydrogen (secondary N) is 1. The van der Waals surface area contributed by atoms with Crippen molar-refractivity contribution >= 4 is 27.5 Å². The van der Waals surface area contributed by atoms with Crippen LogP contribution in [0.3, 0.4) is 0 Å². The van der Waals surface area contributed by atoms with Gasteiger partial charge in [0.1, 0.15) is 11.6 Å². The Kier molecular flexibility index (Phi) is 5.10. The minimum atomic E-state index is -0.612. The van der Waals surface area contributed by atoms with Gasteiger partial charge in [-0.05, 0) is 52.2 Å². The standard InChI is InChI=1S/C14H12BrClF2N2/c15-11-5-6-12(17)10(14(11)18)7-13(20-19)8-1-3-9(16)4-2-8/h1-6,13,20H,7,19H2. The molecule has 2 aromatic rings. The molecule has 0 aliphatic carbocycles. The second-order valence-electron chi connectivity index (χ2n) is 4.30. The predicted octanol–water partition coefficient (Wildman–Crippen LogP) is 4.13. The molecular weight excluding hydrogens is 350 g/mol. The molecular formula is C14H12BrClF2N2. The molecule has 0 saturated heterocycles. The van der Waals surface area contributed by atoms with Crippen molar-refractivity contribution < 1.29 is 8.78 Å². The second kappa shape index (κ2) is 6.63. The Morgan fingerprint density at radius 3 is 2.40 bits per heavy atom. The van der Waals surface area contributed by atoms with Crippen LogP contribution < -0.4 is 11.3 Å². The number of benzene rings is 2. The minimum absolute atomic E-state index is 0.0164. The van der Waals surface area contributed by atoms with Gasteiger partial charge in [0.05, 0.1) is 10.5 Å². The Morgan fingerprint density at radius 2 is 1.80 bits per heavy atom. The first kappa shape index (κ1) is 15.4. The summed E-state index contributed by atoms with van der Waals surface area (Å²) < 4.78 is 27.9. The van der Waals surface area contributed by atoms with E-state index in [4.69, 9.17) is 17.4 Å². The summed E-state index contributed by atoms with van der Waals surface area (Å²) in [6.45, 7) is 0. The number of halogens is 4. The van der Waals surface area contributed by atoms with Gasteiger partial charge < -0.3 is 0 Å². The molecule has 0 amide bonds. The van der Waals surface area contributed by atoms with Crippen molar-refractivity contribution in [3.05, 3.63) is 68.7 Å². The van der Waals surface area contributed by atoms with E-state index in [0.29, 0.717) is 5.02 Å². The topological polar surface area (TPSA) is 38.0 Å². The lowest BCUT2D eigenvalue weighted by molar-refractivity contribution is 0.498. The summed E-state index contributed by atoms with van der Waals surface area (Å²) in [7, 11) is 0. The molecule has 20 heavy (non-hydrogen) atoms. The third kappa shape index (κ3) is 3.35. The van der Waals surface area contributed by atoms with Crippen LogP contribution in [0.15, 0.2) is 40.9 Å². The van der Waals surface area contributed by atoms with E-state index in [1.807, 2.05) is 0 Å². The van der Waals surface area contributed by atoms with Gasteiger partial charge in [0.25, 0.3) is 0 Å². The molecule has 2 nitrogen and oxygen atoms in total. The summed E-state index contributed by atoms with van der Waals surface area (Å²) in [6, 6.07) is 9.08. The number of hydrazine groups is 1. The molecule has 0 aliphatic rings. The summed E-state index contributed by atoms with van der Waals surface area (Å²) >= 11 is 8.86. The Bertz CT molecular complexity index is 605. The molecule has 2 rings (SSSR count). The van der Waals surface area contributed by atoms with Gasteiger partial charge in [-0.1, -0.05) is 23.7 Å². The van der Waals surface area contributed by atoms with Gasteiger partial charge in [0.15, 0.2) is 0 Å². The lowest BCUT2D eigenvalue weighted by Gasteiger charge is -2.17. The van der Waals surface area contributed by atoms with Crippen LogP contribution in [0.25, 0.3) is 0 Å². The number of hydrogen-bond donors (Lipinski definition) is 2. The maximum atomic E-state index is 14.0. The van der Waals surface area contributed by atoms with Gasteiger partial charge in [-0.3, -0.25) is 11.3 Å². The number of rotatable bonds is 4. The molecule has 0 fully saturated rings. The second-order valence-corrected chi connectivity index (χ2v) is 5.59. The van der Waals surface area contributed by atoms with Crippen LogP contribution in [0.4, 0.5) is 8.78 Å². The first-order valence-corrected chi connectivity index (χ1v) is 7.04. The van der Waals surface area contributed by atoms with E-state index in [0.717, 1.165) is 5.56 Å². The van der Waals surface area contributed by atoms with Gasteiger partial charge in [0, 0.05) is 10.6 Å². The highest BCUT2D eigenvalue weighted by molar-refractivity contribution is 9.10. The zero-order valence-corrected chi connectivity index (χ0v) is 12.7. The van der Waals surface area contributed by atoms with Crippen LogP contribution in [-0.2, 0) is 6.42 Å². The van der Waals surface area contributed by atoms with Crippen molar-refractivity contribution in [2.75, 3.05) is 0 Å². The normalized spacial score (nSPS) is 12.4. The van der Waals surface area contributed by atoms with E-state index in [1.54, 1.807) is 24.3 Å². The van der Waals surface area contributed by atoms with Crippen molar-refractivity contribution in [2.24, 2.45) is 5.84 Å². The predicted molar refractivity (Wildman–Crippen MR) is 79.3 cm³/mol. The lowest BCUT2D eigenvalue weighted by atomic mass is 9.99. The minimum Gasteiger partial charge on any atom is -0.271 e. The molecule has 0 spiro atoms. The maximum absolute atomic E-state index is 14.0. The van der Waals surface area contributed by atoms with Crippen molar-refractivity contribution in [1.29, 1.82) is 0 Å². The molecule has 0 radical (unpaired) electrons. The van der Waals surface area contributed by atoms with E-state index in [-0.39, 0.29) is 16.5 Å². The Balaban J connectivity index is 2.31. The van der Waals surface area contributed by atoms with Gasteiger partial charge in [0.2, 0.25) is 0 Å². The molecule has 3 N–H and O–H groups in total. The quantitative estimate of drug-likeness (QED) is 0.488. The fourth-order valence-corrected chi connectivity index (χ4v) is 2.43. The average molecular weight is 362 g/mol. The molecule has 2 aromatic carbocycles. The average Bonchev–Trinajstić information content (AvgIpc) is 2.45. The van der Waals surface area contributed by atoms with Gasteiger partial charge >= 0.3 is 0 Å². The van der Waals surface area contributed by atoms with Crippen molar-refractivity contribution in [3.63, 3.8) is 0 Å². The maximum Gasteiger partial charge on any atom is 0.143 e. The molecule has 6 heteroatoms. The monoisotopic (exact) mass is 360 g/mol. The van der Waals surface area contributed by atoms with Gasteiger partial charge in [-0.25, -0.2) is 8.78 Å². The Morgan fingerprint density at radius 1 is 1.15 bits per heavy atom. The van der Waals surface area contributed by atoms with Gasteiger partial charge in [-0.2, -0.15) is 0 Å². The molecule has 0 aromatic heterocycles.